The molecule has 1 amide bonds. The van der Waals surface area contributed by atoms with Gasteiger partial charge in [0.2, 0.25) is 5.91 Å². The monoisotopic (exact) mass is 402 g/mol. The van der Waals surface area contributed by atoms with Crippen molar-refractivity contribution in [2.45, 2.75) is 26.1 Å². The zero-order valence-electron chi connectivity index (χ0n) is 14.8. The number of nitrogens with one attached hydrogen (secondary N) is 1. The highest BCUT2D eigenvalue weighted by Gasteiger charge is 2.20. The van der Waals surface area contributed by atoms with Crippen molar-refractivity contribution in [3.05, 3.63) is 52.4 Å². The number of carbonyl (C=O) groups is 1. The van der Waals surface area contributed by atoms with E-state index in [1.54, 1.807) is 0 Å². The highest BCUT2D eigenvalue weighted by atomic mass is 19.2. The van der Waals surface area contributed by atoms with E-state index < -0.39 is 35.4 Å². The summed E-state index contributed by atoms with van der Waals surface area (Å²) in [7, 11) is 0. The molecule has 1 N–H and O–H groups in total. The summed E-state index contributed by atoms with van der Waals surface area (Å²) in [6.07, 6.45) is 0.900. The lowest BCUT2D eigenvalue weighted by atomic mass is 10.1. The van der Waals surface area contributed by atoms with Crippen LogP contribution >= 0.6 is 0 Å². The summed E-state index contributed by atoms with van der Waals surface area (Å²) >= 11 is 0. The summed E-state index contributed by atoms with van der Waals surface area (Å²) in [6, 6.07) is 1.58. The van der Waals surface area contributed by atoms with E-state index >= 15 is 0 Å². The van der Waals surface area contributed by atoms with Crippen molar-refractivity contribution >= 4 is 5.91 Å². The van der Waals surface area contributed by atoms with Crippen LogP contribution < -0.4 is 5.32 Å². The van der Waals surface area contributed by atoms with Crippen molar-refractivity contribution in [3.8, 4) is 0 Å². The molecule has 0 spiro atoms. The maximum atomic E-state index is 13.6. The van der Waals surface area contributed by atoms with Gasteiger partial charge in [0.1, 0.15) is 6.61 Å². The Morgan fingerprint density at radius 2 is 1.93 bits per heavy atom. The molecule has 0 saturated carbocycles. The quantitative estimate of drug-likeness (QED) is 0.543. The number of carbonyl (C=O) groups excluding carboxylic acids is 1. The van der Waals surface area contributed by atoms with Crippen LogP contribution in [0.5, 0.6) is 0 Å². The Morgan fingerprint density at radius 3 is 2.61 bits per heavy atom. The van der Waals surface area contributed by atoms with Gasteiger partial charge in [-0.3, -0.25) is 4.79 Å². The number of ether oxygens (including phenoxy) is 2. The molecule has 1 aromatic heterocycles. The molecule has 6 nitrogen and oxygen atoms in total. The zero-order valence-corrected chi connectivity index (χ0v) is 14.8. The van der Waals surface area contributed by atoms with Crippen LogP contribution in [-0.2, 0) is 33.9 Å². The van der Waals surface area contributed by atoms with E-state index in [4.69, 9.17) is 14.0 Å². The Bertz CT molecular complexity index is 811. The van der Waals surface area contributed by atoms with Crippen LogP contribution in [0.4, 0.5) is 17.6 Å². The molecule has 2 heterocycles. The second kappa shape index (κ2) is 9.16. The molecule has 3 rings (SSSR count). The van der Waals surface area contributed by atoms with E-state index in [0.717, 1.165) is 6.42 Å². The van der Waals surface area contributed by atoms with Crippen molar-refractivity contribution in [1.82, 2.24) is 10.5 Å². The number of halogens is 4. The van der Waals surface area contributed by atoms with Gasteiger partial charge in [-0.1, -0.05) is 5.16 Å². The predicted molar refractivity (Wildman–Crippen MR) is 86.9 cm³/mol. The fourth-order valence-corrected chi connectivity index (χ4v) is 2.74. The van der Waals surface area contributed by atoms with E-state index in [9.17, 15) is 22.4 Å². The lowest BCUT2D eigenvalue weighted by Crippen LogP contribution is -2.30. The van der Waals surface area contributed by atoms with Gasteiger partial charge in [-0.15, -0.1) is 0 Å². The number of hydrogen-bond acceptors (Lipinski definition) is 5. The number of rotatable bonds is 8. The van der Waals surface area contributed by atoms with Crippen molar-refractivity contribution in [2.24, 2.45) is 5.92 Å². The highest BCUT2D eigenvalue weighted by molar-refractivity contribution is 5.78. The standard InChI is InChI=1S/C18H18F4N2O4/c19-14-5-15(20)18(22)13(17(14)21)9-27-8-12-3-11(24-28-12)4-16(25)23-6-10-1-2-26-7-10/h3,5,10H,1-2,4,6-9H2,(H,23,25). The second-order valence-electron chi connectivity index (χ2n) is 6.43. The maximum absolute atomic E-state index is 13.6. The van der Waals surface area contributed by atoms with Crippen LogP contribution in [0, 0.1) is 29.2 Å². The fourth-order valence-electron chi connectivity index (χ4n) is 2.74. The van der Waals surface area contributed by atoms with Gasteiger partial charge in [0, 0.05) is 31.2 Å². The molecule has 10 heteroatoms. The van der Waals surface area contributed by atoms with Gasteiger partial charge < -0.3 is 19.3 Å². The molecule has 1 aliphatic rings. The average Bonchev–Trinajstić information content (AvgIpc) is 3.33. The SMILES string of the molecule is O=C(Cc1cc(COCc2c(F)c(F)cc(F)c2F)on1)NCC1CCOC1. The molecule has 1 fully saturated rings. The Kier molecular flexibility index (Phi) is 6.63. The van der Waals surface area contributed by atoms with Crippen LogP contribution in [0.3, 0.4) is 0 Å². The van der Waals surface area contributed by atoms with Gasteiger partial charge in [-0.05, 0) is 6.42 Å². The lowest BCUT2D eigenvalue weighted by molar-refractivity contribution is -0.120. The highest BCUT2D eigenvalue weighted by Crippen LogP contribution is 2.20. The first kappa shape index (κ1) is 20.3. The molecule has 1 atom stereocenters. The third-order valence-electron chi connectivity index (χ3n) is 4.25. The molecule has 152 valence electrons. The number of nitrogens with zero attached hydrogens (tertiary/aromatic N) is 1. The smallest absolute Gasteiger partial charge is 0.226 e. The summed E-state index contributed by atoms with van der Waals surface area (Å²) in [5.41, 5.74) is -0.500. The number of aromatic nitrogens is 1. The topological polar surface area (TPSA) is 73.6 Å². The lowest BCUT2D eigenvalue weighted by Gasteiger charge is -2.08. The average molecular weight is 402 g/mol. The number of hydrogen-bond donors (Lipinski definition) is 1. The van der Waals surface area contributed by atoms with Crippen molar-refractivity contribution in [3.63, 3.8) is 0 Å². The second-order valence-corrected chi connectivity index (χ2v) is 6.43. The van der Waals surface area contributed by atoms with Crippen LogP contribution in [0.2, 0.25) is 0 Å². The molecular weight excluding hydrogens is 384 g/mol. The fraction of sp³-hybridized carbons (Fsp3) is 0.444. The van der Waals surface area contributed by atoms with Gasteiger partial charge in [-0.25, -0.2) is 17.6 Å². The van der Waals surface area contributed by atoms with Crippen LogP contribution in [0.25, 0.3) is 0 Å². The summed E-state index contributed by atoms with van der Waals surface area (Å²) in [5, 5.41) is 6.50. The van der Waals surface area contributed by atoms with E-state index in [0.29, 0.717) is 31.4 Å². The molecule has 28 heavy (non-hydrogen) atoms. The predicted octanol–water partition coefficient (Wildman–Crippen LogP) is 2.64. The van der Waals surface area contributed by atoms with Crippen molar-refractivity contribution in [2.75, 3.05) is 19.8 Å². The molecule has 1 saturated heterocycles. The molecular formula is C18H18F4N2O4. The van der Waals surface area contributed by atoms with E-state index in [2.05, 4.69) is 10.5 Å². The third-order valence-corrected chi connectivity index (χ3v) is 4.25. The van der Waals surface area contributed by atoms with Crippen molar-refractivity contribution in [1.29, 1.82) is 0 Å². The first-order valence-electron chi connectivity index (χ1n) is 8.62. The summed E-state index contributed by atoms with van der Waals surface area (Å²) < 4.78 is 68.6. The van der Waals surface area contributed by atoms with Crippen LogP contribution in [0.15, 0.2) is 16.7 Å². The van der Waals surface area contributed by atoms with Gasteiger partial charge in [0.15, 0.2) is 29.0 Å². The summed E-state index contributed by atoms with van der Waals surface area (Å²) in [5.74, 6) is -5.76. The third kappa shape index (κ3) is 5.08. The summed E-state index contributed by atoms with van der Waals surface area (Å²) in [4.78, 5) is 11.9. The molecule has 0 radical (unpaired) electrons. The zero-order chi connectivity index (χ0) is 20.1. The van der Waals surface area contributed by atoms with Crippen molar-refractivity contribution < 1.29 is 36.4 Å². The van der Waals surface area contributed by atoms with Gasteiger partial charge in [0.05, 0.1) is 30.9 Å². The Hall–Kier alpha value is -2.46. The van der Waals surface area contributed by atoms with Crippen LogP contribution in [0.1, 0.15) is 23.4 Å². The summed E-state index contributed by atoms with van der Waals surface area (Å²) in [6.45, 7) is 0.900. The normalized spacial score (nSPS) is 16.5. The van der Waals surface area contributed by atoms with Crippen LogP contribution in [-0.4, -0.2) is 30.8 Å². The van der Waals surface area contributed by atoms with Gasteiger partial charge >= 0.3 is 0 Å². The first-order chi connectivity index (χ1) is 13.4. The number of benzene rings is 1. The molecule has 0 bridgehead atoms. The largest absolute Gasteiger partial charge is 0.381 e. The Balaban J connectivity index is 1.46. The molecule has 1 aliphatic heterocycles. The first-order valence-corrected chi connectivity index (χ1v) is 8.62. The van der Waals surface area contributed by atoms with E-state index in [1.807, 2.05) is 0 Å². The minimum atomic E-state index is -1.51. The Morgan fingerprint density at radius 1 is 1.18 bits per heavy atom. The number of amides is 1. The molecule has 1 unspecified atom stereocenters. The molecule has 0 aliphatic carbocycles. The Labute approximate surface area is 157 Å². The molecule has 1 aromatic carbocycles. The minimum Gasteiger partial charge on any atom is -0.381 e. The van der Waals surface area contributed by atoms with Gasteiger partial charge in [-0.2, -0.15) is 0 Å². The van der Waals surface area contributed by atoms with E-state index in [1.165, 1.54) is 6.07 Å². The molecule has 2 aromatic rings. The maximum Gasteiger partial charge on any atom is 0.226 e. The van der Waals surface area contributed by atoms with Gasteiger partial charge in [0.25, 0.3) is 0 Å². The minimum absolute atomic E-state index is 0.00452. The van der Waals surface area contributed by atoms with E-state index in [-0.39, 0.29) is 30.8 Å².